The van der Waals surface area contributed by atoms with Gasteiger partial charge in [0.05, 0.1) is 12.4 Å². The van der Waals surface area contributed by atoms with E-state index in [1.54, 1.807) is 4.31 Å². The summed E-state index contributed by atoms with van der Waals surface area (Å²) in [6, 6.07) is 8.59. The molecule has 0 aliphatic carbocycles. The molecule has 5 nitrogen and oxygen atoms in total. The van der Waals surface area contributed by atoms with Crippen LogP contribution in [0.15, 0.2) is 24.3 Å². The van der Waals surface area contributed by atoms with E-state index in [0.717, 1.165) is 19.5 Å². The van der Waals surface area contributed by atoms with Crippen molar-refractivity contribution in [3.63, 3.8) is 0 Å². The summed E-state index contributed by atoms with van der Waals surface area (Å²) in [7, 11) is -1.68. The Morgan fingerprint density at radius 1 is 1.24 bits per heavy atom. The Bertz CT molecular complexity index is 603. The van der Waals surface area contributed by atoms with E-state index in [-0.39, 0.29) is 18.4 Å². The molecule has 0 saturated carbocycles. The maximum atomic E-state index is 12.4. The van der Waals surface area contributed by atoms with E-state index in [0.29, 0.717) is 13.1 Å². The topological polar surface area (TPSA) is 49.9 Å². The van der Waals surface area contributed by atoms with Crippen molar-refractivity contribution in [1.29, 1.82) is 0 Å². The van der Waals surface area contributed by atoms with Gasteiger partial charge in [0, 0.05) is 39.3 Å². The van der Waals surface area contributed by atoms with Crippen LogP contribution in [0.1, 0.15) is 17.2 Å². The molecule has 0 N–H and O–H groups in total. The molecule has 0 spiro atoms. The van der Waals surface area contributed by atoms with Gasteiger partial charge in [-0.25, -0.2) is 8.42 Å². The van der Waals surface area contributed by atoms with Crippen LogP contribution in [-0.4, -0.2) is 63.3 Å². The molecule has 0 radical (unpaired) electrons. The van der Waals surface area contributed by atoms with Crippen molar-refractivity contribution < 1.29 is 13.2 Å². The Kier molecular flexibility index (Phi) is 4.31. The molecule has 0 aromatic heterocycles. The smallest absolute Gasteiger partial charge is 0.216 e. The number of methoxy groups -OCH3 is 1. The number of sulfonamides is 1. The highest BCUT2D eigenvalue weighted by molar-refractivity contribution is 7.89. The first-order valence-electron chi connectivity index (χ1n) is 7.40. The molecular weight excluding hydrogens is 288 g/mol. The van der Waals surface area contributed by atoms with Gasteiger partial charge < -0.3 is 4.74 Å². The Hall–Kier alpha value is -0.950. The van der Waals surface area contributed by atoms with E-state index in [1.165, 1.54) is 18.2 Å². The zero-order chi connectivity index (χ0) is 14.9. The predicted octanol–water partition coefficient (Wildman–Crippen LogP) is 0.878. The summed E-state index contributed by atoms with van der Waals surface area (Å²) in [6.07, 6.45) is 1.06. The molecule has 1 aromatic rings. The van der Waals surface area contributed by atoms with Gasteiger partial charge in [-0.15, -0.1) is 0 Å². The number of hydrogen-bond donors (Lipinski definition) is 0. The Morgan fingerprint density at radius 3 is 2.86 bits per heavy atom. The summed E-state index contributed by atoms with van der Waals surface area (Å²) < 4.78 is 31.3. The number of piperazine rings is 1. The number of nitrogens with zero attached hydrogens (tertiary/aromatic N) is 2. The zero-order valence-electron chi connectivity index (χ0n) is 12.4. The molecule has 2 aliphatic heterocycles. The van der Waals surface area contributed by atoms with Crippen LogP contribution in [0.2, 0.25) is 0 Å². The number of rotatable bonds is 4. The second-order valence-corrected chi connectivity index (χ2v) is 7.76. The number of ether oxygens (including phenoxy) is 1. The molecule has 6 heteroatoms. The van der Waals surface area contributed by atoms with Crippen LogP contribution in [0.5, 0.6) is 0 Å². The molecule has 3 rings (SSSR count). The molecule has 21 heavy (non-hydrogen) atoms. The van der Waals surface area contributed by atoms with E-state index in [2.05, 4.69) is 23.1 Å². The molecule has 0 bridgehead atoms. The highest BCUT2D eigenvalue weighted by atomic mass is 32.2. The molecule has 1 saturated heterocycles. The molecule has 2 heterocycles. The van der Waals surface area contributed by atoms with Crippen molar-refractivity contribution in [3.05, 3.63) is 35.4 Å². The maximum absolute atomic E-state index is 12.4. The summed E-state index contributed by atoms with van der Waals surface area (Å²) in [5.41, 5.74) is 2.64. The number of fused-ring (bicyclic) bond motifs is 3. The van der Waals surface area contributed by atoms with Crippen LogP contribution < -0.4 is 0 Å². The van der Waals surface area contributed by atoms with Crippen molar-refractivity contribution in [2.75, 3.05) is 45.6 Å². The summed E-state index contributed by atoms with van der Waals surface area (Å²) in [5.74, 6) is 0.0673. The monoisotopic (exact) mass is 310 g/mol. The minimum Gasteiger partial charge on any atom is -0.384 e. The second-order valence-electron chi connectivity index (χ2n) is 5.67. The predicted molar refractivity (Wildman–Crippen MR) is 81.7 cm³/mol. The molecule has 1 fully saturated rings. The number of benzene rings is 1. The second kappa shape index (κ2) is 6.04. The Morgan fingerprint density at radius 2 is 2.05 bits per heavy atom. The third-order valence-electron chi connectivity index (χ3n) is 4.48. The van der Waals surface area contributed by atoms with E-state index in [1.807, 2.05) is 6.07 Å². The quantitative estimate of drug-likeness (QED) is 0.828. The normalized spacial score (nSPS) is 23.6. The fourth-order valence-electron chi connectivity index (χ4n) is 3.28. The van der Waals surface area contributed by atoms with E-state index in [4.69, 9.17) is 4.74 Å². The third kappa shape index (κ3) is 2.99. The highest BCUT2D eigenvalue weighted by Gasteiger charge is 2.36. The molecule has 2 aliphatic rings. The minimum atomic E-state index is -3.22. The SMILES string of the molecule is COCCS(=O)(=O)N1CCN2CCc3ccccc3C2C1. The lowest BCUT2D eigenvalue weighted by atomic mass is 9.91. The summed E-state index contributed by atoms with van der Waals surface area (Å²) in [6.45, 7) is 3.23. The minimum absolute atomic E-state index is 0.0673. The van der Waals surface area contributed by atoms with Crippen molar-refractivity contribution >= 4 is 10.0 Å². The summed E-state index contributed by atoms with van der Waals surface area (Å²) >= 11 is 0. The molecule has 116 valence electrons. The maximum Gasteiger partial charge on any atom is 0.216 e. The third-order valence-corrected chi connectivity index (χ3v) is 6.28. The fourth-order valence-corrected chi connectivity index (χ4v) is 4.64. The van der Waals surface area contributed by atoms with Gasteiger partial charge in [0.2, 0.25) is 10.0 Å². The van der Waals surface area contributed by atoms with Gasteiger partial charge in [0.15, 0.2) is 0 Å². The molecule has 1 atom stereocenters. The first kappa shape index (κ1) is 15.0. The Labute approximate surface area is 126 Å². The van der Waals surface area contributed by atoms with Gasteiger partial charge in [-0.1, -0.05) is 24.3 Å². The largest absolute Gasteiger partial charge is 0.384 e. The van der Waals surface area contributed by atoms with Crippen molar-refractivity contribution in [2.45, 2.75) is 12.5 Å². The first-order valence-corrected chi connectivity index (χ1v) is 9.01. The van der Waals surface area contributed by atoms with Gasteiger partial charge in [-0.2, -0.15) is 4.31 Å². The lowest BCUT2D eigenvalue weighted by molar-refractivity contribution is 0.109. The van der Waals surface area contributed by atoms with Gasteiger partial charge >= 0.3 is 0 Å². The summed E-state index contributed by atoms with van der Waals surface area (Å²) in [4.78, 5) is 2.41. The van der Waals surface area contributed by atoms with Crippen LogP contribution in [0.3, 0.4) is 0 Å². The fraction of sp³-hybridized carbons (Fsp3) is 0.600. The van der Waals surface area contributed by atoms with E-state index >= 15 is 0 Å². The van der Waals surface area contributed by atoms with Gasteiger partial charge in [-0.05, 0) is 17.5 Å². The van der Waals surface area contributed by atoms with Crippen LogP contribution in [-0.2, 0) is 21.2 Å². The molecule has 1 unspecified atom stereocenters. The van der Waals surface area contributed by atoms with Crippen molar-refractivity contribution in [3.8, 4) is 0 Å². The first-order chi connectivity index (χ1) is 10.1. The van der Waals surface area contributed by atoms with Gasteiger partial charge in [0.25, 0.3) is 0 Å². The standard InChI is InChI=1S/C15H22N2O3S/c1-20-10-11-21(18,19)17-9-8-16-7-6-13-4-2-3-5-14(13)15(16)12-17/h2-5,15H,6-12H2,1H3. The zero-order valence-corrected chi connectivity index (χ0v) is 13.2. The molecule has 0 amide bonds. The van der Waals surface area contributed by atoms with E-state index in [9.17, 15) is 8.42 Å². The summed E-state index contributed by atoms with van der Waals surface area (Å²) in [5, 5.41) is 0. The lowest BCUT2D eigenvalue weighted by Crippen LogP contribution is -2.53. The Balaban J connectivity index is 1.80. The van der Waals surface area contributed by atoms with Crippen molar-refractivity contribution in [1.82, 2.24) is 9.21 Å². The van der Waals surface area contributed by atoms with Gasteiger partial charge in [-0.3, -0.25) is 4.90 Å². The number of hydrogen-bond acceptors (Lipinski definition) is 4. The molecular formula is C15H22N2O3S. The van der Waals surface area contributed by atoms with Crippen molar-refractivity contribution in [2.24, 2.45) is 0 Å². The highest BCUT2D eigenvalue weighted by Crippen LogP contribution is 2.33. The van der Waals surface area contributed by atoms with Gasteiger partial charge in [0.1, 0.15) is 0 Å². The van der Waals surface area contributed by atoms with Crippen LogP contribution >= 0.6 is 0 Å². The average molecular weight is 310 g/mol. The van der Waals surface area contributed by atoms with E-state index < -0.39 is 10.0 Å². The van der Waals surface area contributed by atoms with Crippen LogP contribution in [0.4, 0.5) is 0 Å². The molecule has 1 aromatic carbocycles. The van der Waals surface area contributed by atoms with Crippen LogP contribution in [0.25, 0.3) is 0 Å². The lowest BCUT2D eigenvalue weighted by Gasteiger charge is -2.44. The average Bonchev–Trinajstić information content (AvgIpc) is 2.52. The van der Waals surface area contributed by atoms with Crippen LogP contribution in [0, 0.1) is 0 Å².